The number of alkyl halides is 3. The van der Waals surface area contributed by atoms with Crippen LogP contribution in [0.15, 0.2) is 60.7 Å². The van der Waals surface area contributed by atoms with Crippen molar-refractivity contribution < 1.29 is 26.0 Å². The summed E-state index contributed by atoms with van der Waals surface area (Å²) in [7, 11) is -7.62. The molecule has 176 valence electrons. The van der Waals surface area contributed by atoms with Gasteiger partial charge in [0.2, 0.25) is 0 Å². The van der Waals surface area contributed by atoms with Gasteiger partial charge >= 0.3 is 15.5 Å². The molecule has 0 amide bonds. The summed E-state index contributed by atoms with van der Waals surface area (Å²) in [5.74, 6) is 0.628. The van der Waals surface area contributed by atoms with Crippen LogP contribution in [0.4, 0.5) is 13.2 Å². The smallest absolute Gasteiger partial charge is 0.511 e. The molecule has 2 aromatic rings. The van der Waals surface area contributed by atoms with Crippen LogP contribution in [0.1, 0.15) is 31.9 Å². The molecule has 0 aromatic heterocycles. The van der Waals surface area contributed by atoms with Crippen LogP contribution >= 0.6 is 0 Å². The fourth-order valence-electron chi connectivity index (χ4n) is 2.62. The van der Waals surface area contributed by atoms with E-state index in [9.17, 15) is 21.6 Å². The molecule has 0 aliphatic rings. The third kappa shape index (κ3) is 6.46. The van der Waals surface area contributed by atoms with Gasteiger partial charge in [0.25, 0.3) is 8.32 Å². The van der Waals surface area contributed by atoms with Crippen LogP contribution in [0.5, 0.6) is 5.75 Å². The predicted molar refractivity (Wildman–Crippen MR) is 125 cm³/mol. The fraction of sp³-hybridized carbons (Fsp3) is 0.391. The highest BCUT2D eigenvalue weighted by Gasteiger charge is 2.49. The lowest BCUT2D eigenvalue weighted by atomic mass is 10.2. The summed E-state index contributed by atoms with van der Waals surface area (Å²) in [6.45, 7) is 9.74. The van der Waals surface area contributed by atoms with Crippen LogP contribution in [-0.2, 0) is 16.6 Å². The predicted octanol–water partition coefficient (Wildman–Crippen LogP) is 6.44. The van der Waals surface area contributed by atoms with Crippen molar-refractivity contribution >= 4 is 24.4 Å². The number of benzene rings is 2. The van der Waals surface area contributed by atoms with Crippen molar-refractivity contribution in [3.8, 4) is 5.75 Å². The van der Waals surface area contributed by atoms with E-state index in [4.69, 9.17) is 4.43 Å². The minimum atomic E-state index is -5.49. The van der Waals surface area contributed by atoms with Gasteiger partial charge in [0.05, 0.1) is 0 Å². The molecule has 0 saturated heterocycles. The first-order chi connectivity index (χ1) is 14.6. The molecule has 0 saturated carbocycles. The largest absolute Gasteiger partial charge is 0.543 e. The van der Waals surface area contributed by atoms with Gasteiger partial charge in [0.1, 0.15) is 5.75 Å². The van der Waals surface area contributed by atoms with Crippen molar-refractivity contribution in [3.05, 3.63) is 71.8 Å². The van der Waals surface area contributed by atoms with E-state index >= 15 is 0 Å². The number of rotatable bonds is 8. The Kier molecular flexibility index (Phi) is 8.01. The van der Waals surface area contributed by atoms with E-state index < -0.39 is 30.4 Å². The van der Waals surface area contributed by atoms with Crippen molar-refractivity contribution in [2.45, 2.75) is 51.0 Å². The maximum Gasteiger partial charge on any atom is 0.511 e. The van der Waals surface area contributed by atoms with Crippen LogP contribution in [0.3, 0.4) is 0 Å². The summed E-state index contributed by atoms with van der Waals surface area (Å²) in [5.41, 5.74) is -4.23. The van der Waals surface area contributed by atoms with Crippen LogP contribution in [0.2, 0.25) is 18.1 Å². The van der Waals surface area contributed by atoms with E-state index in [1.165, 1.54) is 6.08 Å². The molecular weight excluding hydrogens is 455 g/mol. The van der Waals surface area contributed by atoms with E-state index in [1.54, 1.807) is 48.5 Å². The number of hydrogen-bond acceptors (Lipinski definition) is 3. The molecule has 0 atom stereocenters. The first kappa shape index (κ1) is 26.2. The standard InChI is InChI=1S/C23H30F3NO3SSi/c1-22(2,3)32(4,5)30-21-16-10-9-14-20(21)15-11-17-27(31(28,29)23(24,25)26)18-19-12-7-6-8-13-19/h6-16H,17-18H2,1-5H3/b15-11+. The lowest BCUT2D eigenvalue weighted by molar-refractivity contribution is -0.0488. The summed E-state index contributed by atoms with van der Waals surface area (Å²) in [6.07, 6.45) is 3.02. The SMILES string of the molecule is CC(C)(C)[Si](C)(C)Oc1ccccc1/C=C/CN(Cc1ccccc1)S(=O)(=O)C(F)(F)F. The Balaban J connectivity index is 2.29. The second-order valence-electron chi connectivity index (χ2n) is 9.03. The Bertz CT molecular complexity index is 1030. The molecule has 0 aliphatic carbocycles. The van der Waals surface area contributed by atoms with Gasteiger partial charge in [0.15, 0.2) is 0 Å². The Labute approximate surface area is 189 Å². The van der Waals surface area contributed by atoms with Gasteiger partial charge in [-0.3, -0.25) is 0 Å². The molecule has 0 heterocycles. The summed E-state index contributed by atoms with van der Waals surface area (Å²) in [4.78, 5) is 0. The quantitative estimate of drug-likeness (QED) is 0.405. The first-order valence-corrected chi connectivity index (χ1v) is 14.5. The molecule has 0 unspecified atom stereocenters. The zero-order valence-corrected chi connectivity index (χ0v) is 20.8. The second-order valence-corrected chi connectivity index (χ2v) is 15.7. The number of nitrogens with zero attached hydrogens (tertiary/aromatic N) is 1. The normalized spacial score (nSPS) is 13.7. The molecule has 0 fully saturated rings. The van der Waals surface area contributed by atoms with Crippen molar-refractivity contribution in [1.29, 1.82) is 0 Å². The van der Waals surface area contributed by atoms with Gasteiger partial charge in [-0.15, -0.1) is 0 Å². The minimum Gasteiger partial charge on any atom is -0.543 e. The first-order valence-electron chi connectivity index (χ1n) is 10.2. The van der Waals surface area contributed by atoms with E-state index in [0.717, 1.165) is 0 Å². The zero-order chi connectivity index (χ0) is 24.2. The summed E-state index contributed by atoms with van der Waals surface area (Å²) >= 11 is 0. The molecule has 0 spiro atoms. The van der Waals surface area contributed by atoms with Crippen molar-refractivity contribution in [3.63, 3.8) is 0 Å². The number of halogens is 3. The minimum absolute atomic E-state index is 0.0307. The molecule has 0 bridgehead atoms. The molecule has 2 rings (SSSR count). The summed E-state index contributed by atoms with van der Waals surface area (Å²) in [5, 5.41) is -0.0307. The van der Waals surface area contributed by atoms with E-state index in [1.807, 2.05) is 12.1 Å². The Morgan fingerprint density at radius 1 is 0.969 bits per heavy atom. The van der Waals surface area contributed by atoms with Gasteiger partial charge in [-0.05, 0) is 29.8 Å². The van der Waals surface area contributed by atoms with Crippen molar-refractivity contribution in [1.82, 2.24) is 4.31 Å². The maximum atomic E-state index is 13.2. The van der Waals surface area contributed by atoms with Gasteiger partial charge in [-0.1, -0.05) is 81.5 Å². The highest BCUT2D eigenvalue weighted by molar-refractivity contribution is 7.89. The molecule has 0 aliphatic heterocycles. The Hall–Kier alpha value is -2.10. The van der Waals surface area contributed by atoms with Gasteiger partial charge in [-0.25, -0.2) is 8.42 Å². The zero-order valence-electron chi connectivity index (χ0n) is 19.0. The Morgan fingerprint density at radius 3 is 2.09 bits per heavy atom. The third-order valence-electron chi connectivity index (χ3n) is 5.53. The maximum absolute atomic E-state index is 13.2. The Morgan fingerprint density at radius 2 is 1.53 bits per heavy atom. The van der Waals surface area contributed by atoms with Gasteiger partial charge in [0, 0.05) is 18.7 Å². The molecule has 2 aromatic carbocycles. The van der Waals surface area contributed by atoms with Crippen LogP contribution in [0.25, 0.3) is 6.08 Å². The molecular formula is C23H30F3NO3SSi. The summed E-state index contributed by atoms with van der Waals surface area (Å²) in [6, 6.07) is 15.4. The molecule has 32 heavy (non-hydrogen) atoms. The van der Waals surface area contributed by atoms with E-state index in [-0.39, 0.29) is 11.6 Å². The lowest BCUT2D eigenvalue weighted by Gasteiger charge is -2.36. The average Bonchev–Trinajstić information content (AvgIpc) is 2.67. The number of para-hydroxylation sites is 1. The molecule has 9 heteroatoms. The topological polar surface area (TPSA) is 46.6 Å². The molecule has 0 radical (unpaired) electrons. The average molecular weight is 486 g/mol. The van der Waals surface area contributed by atoms with Gasteiger partial charge in [-0.2, -0.15) is 17.5 Å². The van der Waals surface area contributed by atoms with E-state index in [0.29, 0.717) is 21.2 Å². The lowest BCUT2D eigenvalue weighted by Crippen LogP contribution is -2.44. The van der Waals surface area contributed by atoms with Crippen molar-refractivity contribution in [2.75, 3.05) is 6.54 Å². The van der Waals surface area contributed by atoms with Crippen LogP contribution in [0, 0.1) is 0 Å². The van der Waals surface area contributed by atoms with Crippen molar-refractivity contribution in [2.24, 2.45) is 0 Å². The number of hydrogen-bond donors (Lipinski definition) is 0. The number of sulfonamides is 1. The fourth-order valence-corrected chi connectivity index (χ4v) is 4.55. The summed E-state index contributed by atoms with van der Waals surface area (Å²) < 4.78 is 70.7. The van der Waals surface area contributed by atoms with Gasteiger partial charge < -0.3 is 4.43 Å². The highest BCUT2D eigenvalue weighted by atomic mass is 32.2. The van der Waals surface area contributed by atoms with Crippen LogP contribution in [-0.4, -0.2) is 33.1 Å². The monoisotopic (exact) mass is 485 g/mol. The molecule has 0 N–H and O–H groups in total. The molecule has 4 nitrogen and oxygen atoms in total. The highest BCUT2D eigenvalue weighted by Crippen LogP contribution is 2.38. The third-order valence-corrected chi connectivity index (χ3v) is 11.4. The second kappa shape index (κ2) is 9.80. The van der Waals surface area contributed by atoms with Crippen LogP contribution < -0.4 is 4.43 Å². The van der Waals surface area contributed by atoms with E-state index in [2.05, 4.69) is 33.9 Å².